The zero-order valence-electron chi connectivity index (χ0n) is 7.66. The second-order valence-electron chi connectivity index (χ2n) is 3.84. The highest BCUT2D eigenvalue weighted by Crippen LogP contribution is 2.50. The number of furan rings is 1. The van der Waals surface area contributed by atoms with Gasteiger partial charge in [-0.15, -0.1) is 0 Å². The zero-order valence-corrected chi connectivity index (χ0v) is 7.66. The lowest BCUT2D eigenvalue weighted by Crippen LogP contribution is -2.00. The Kier molecular flexibility index (Phi) is 1.30. The van der Waals surface area contributed by atoms with Crippen LogP contribution in [0.25, 0.3) is 11.0 Å². The van der Waals surface area contributed by atoms with E-state index in [0.29, 0.717) is 0 Å². The molecule has 1 saturated carbocycles. The Morgan fingerprint density at radius 2 is 2.07 bits per heavy atom. The first kappa shape index (κ1) is 7.64. The molecule has 0 bridgehead atoms. The Labute approximate surface area is 81.8 Å². The molecule has 0 unspecified atom stereocenters. The highest BCUT2D eigenvalue weighted by molar-refractivity contribution is 5.83. The van der Waals surface area contributed by atoms with Gasteiger partial charge in [0.2, 0.25) is 0 Å². The zero-order chi connectivity index (χ0) is 9.60. The van der Waals surface area contributed by atoms with Gasteiger partial charge < -0.3 is 4.42 Å². The molecule has 0 N–H and O–H groups in total. The van der Waals surface area contributed by atoms with Crippen LogP contribution in [-0.2, 0) is 5.41 Å². The van der Waals surface area contributed by atoms with Gasteiger partial charge in [-0.25, -0.2) is 0 Å². The smallest absolute Gasteiger partial charge is 0.134 e. The summed E-state index contributed by atoms with van der Waals surface area (Å²) < 4.78 is 5.43. The number of nitrogens with zero attached hydrogens (tertiary/aromatic N) is 1. The van der Waals surface area contributed by atoms with Gasteiger partial charge in [-0.2, -0.15) is 5.26 Å². The fourth-order valence-electron chi connectivity index (χ4n) is 1.91. The van der Waals surface area contributed by atoms with E-state index >= 15 is 0 Å². The Bertz CT molecular complexity index is 528. The molecule has 3 rings (SSSR count). The van der Waals surface area contributed by atoms with Crippen LogP contribution in [0.5, 0.6) is 0 Å². The molecule has 1 aromatic carbocycles. The molecule has 0 radical (unpaired) electrons. The maximum Gasteiger partial charge on any atom is 0.134 e. The van der Waals surface area contributed by atoms with Gasteiger partial charge in [0.25, 0.3) is 0 Å². The van der Waals surface area contributed by atoms with Crippen molar-refractivity contribution < 1.29 is 4.42 Å². The molecule has 1 aromatic heterocycles. The molecule has 2 aromatic rings. The molecule has 68 valence electrons. The van der Waals surface area contributed by atoms with E-state index in [1.807, 2.05) is 24.3 Å². The minimum Gasteiger partial charge on any atom is -0.464 e. The van der Waals surface area contributed by atoms with E-state index in [9.17, 15) is 0 Å². The van der Waals surface area contributed by atoms with E-state index in [-0.39, 0.29) is 5.41 Å². The van der Waals surface area contributed by atoms with Gasteiger partial charge in [0.1, 0.15) is 5.58 Å². The lowest BCUT2D eigenvalue weighted by atomic mass is 9.97. The third-order valence-electron chi connectivity index (χ3n) is 2.96. The molecule has 2 nitrogen and oxygen atoms in total. The third kappa shape index (κ3) is 0.843. The first-order valence-corrected chi connectivity index (χ1v) is 4.74. The number of nitriles is 1. The van der Waals surface area contributed by atoms with E-state index in [0.717, 1.165) is 29.4 Å². The van der Waals surface area contributed by atoms with E-state index in [4.69, 9.17) is 9.68 Å². The number of para-hydroxylation sites is 1. The monoisotopic (exact) mass is 183 g/mol. The van der Waals surface area contributed by atoms with Gasteiger partial charge in [0.05, 0.1) is 17.7 Å². The molecule has 2 heteroatoms. The molecule has 0 atom stereocenters. The number of fused-ring (bicyclic) bond motifs is 1. The standard InChI is InChI=1S/C12H9NO/c13-8-12(5-6-12)10-7-14-11-4-2-1-3-9(10)11/h1-4,7H,5-6H2. The summed E-state index contributed by atoms with van der Waals surface area (Å²) in [7, 11) is 0. The van der Waals surface area contributed by atoms with Gasteiger partial charge in [-0.3, -0.25) is 0 Å². The molecule has 1 heterocycles. The molecule has 1 fully saturated rings. The summed E-state index contributed by atoms with van der Waals surface area (Å²) in [5, 5.41) is 10.2. The van der Waals surface area contributed by atoms with Crippen LogP contribution in [0.1, 0.15) is 18.4 Å². The largest absolute Gasteiger partial charge is 0.464 e. The summed E-state index contributed by atoms with van der Waals surface area (Å²) >= 11 is 0. The maximum absolute atomic E-state index is 9.10. The van der Waals surface area contributed by atoms with Crippen LogP contribution < -0.4 is 0 Å². The predicted molar refractivity (Wildman–Crippen MR) is 52.7 cm³/mol. The van der Waals surface area contributed by atoms with Gasteiger partial charge in [0, 0.05) is 10.9 Å². The average Bonchev–Trinajstić information content (AvgIpc) is 2.91. The molecule has 1 aliphatic rings. The van der Waals surface area contributed by atoms with Gasteiger partial charge in [-0.05, 0) is 18.9 Å². The fourth-order valence-corrected chi connectivity index (χ4v) is 1.91. The number of rotatable bonds is 1. The van der Waals surface area contributed by atoms with Crippen molar-refractivity contribution in [1.29, 1.82) is 5.26 Å². The fraction of sp³-hybridized carbons (Fsp3) is 0.250. The first-order valence-electron chi connectivity index (χ1n) is 4.74. The van der Waals surface area contributed by atoms with E-state index in [2.05, 4.69) is 6.07 Å². The van der Waals surface area contributed by atoms with Crippen LogP contribution in [-0.4, -0.2) is 0 Å². The van der Waals surface area contributed by atoms with Crippen molar-refractivity contribution >= 4 is 11.0 Å². The summed E-state index contributed by atoms with van der Waals surface area (Å²) in [4.78, 5) is 0. The molecule has 0 aliphatic heterocycles. The average molecular weight is 183 g/mol. The Balaban J connectivity index is 2.29. The van der Waals surface area contributed by atoms with Crippen molar-refractivity contribution in [3.05, 3.63) is 36.1 Å². The lowest BCUT2D eigenvalue weighted by molar-refractivity contribution is 0.607. The second-order valence-corrected chi connectivity index (χ2v) is 3.84. The van der Waals surface area contributed by atoms with Crippen LogP contribution in [0, 0.1) is 11.3 Å². The molecule has 0 spiro atoms. The lowest BCUT2D eigenvalue weighted by Gasteiger charge is -2.00. The Hall–Kier alpha value is -1.75. The Morgan fingerprint density at radius 1 is 1.29 bits per heavy atom. The van der Waals surface area contributed by atoms with Crippen LogP contribution in [0.2, 0.25) is 0 Å². The highest BCUT2D eigenvalue weighted by Gasteiger charge is 2.46. The van der Waals surface area contributed by atoms with Crippen LogP contribution in [0.15, 0.2) is 34.9 Å². The SMILES string of the molecule is N#CC1(c2coc3ccccc23)CC1. The molecule has 1 aliphatic carbocycles. The van der Waals surface area contributed by atoms with E-state index in [1.54, 1.807) is 6.26 Å². The van der Waals surface area contributed by atoms with Crippen LogP contribution in [0.3, 0.4) is 0 Å². The van der Waals surface area contributed by atoms with E-state index < -0.39 is 0 Å². The minimum absolute atomic E-state index is 0.243. The minimum atomic E-state index is -0.243. The van der Waals surface area contributed by atoms with Crippen LogP contribution in [0.4, 0.5) is 0 Å². The van der Waals surface area contributed by atoms with Crippen molar-refractivity contribution in [2.45, 2.75) is 18.3 Å². The Morgan fingerprint density at radius 3 is 2.79 bits per heavy atom. The predicted octanol–water partition coefficient (Wildman–Crippen LogP) is 2.99. The highest BCUT2D eigenvalue weighted by atomic mass is 16.3. The summed E-state index contributed by atoms with van der Waals surface area (Å²) in [5.41, 5.74) is 1.70. The summed E-state index contributed by atoms with van der Waals surface area (Å²) in [6.07, 6.45) is 3.67. The summed E-state index contributed by atoms with van der Waals surface area (Å²) in [6, 6.07) is 10.3. The van der Waals surface area contributed by atoms with Gasteiger partial charge >= 0.3 is 0 Å². The first-order chi connectivity index (χ1) is 6.86. The molecule has 0 saturated heterocycles. The van der Waals surface area contributed by atoms with Crippen LogP contribution >= 0.6 is 0 Å². The van der Waals surface area contributed by atoms with Gasteiger partial charge in [0.15, 0.2) is 0 Å². The van der Waals surface area contributed by atoms with Crippen molar-refractivity contribution in [3.63, 3.8) is 0 Å². The van der Waals surface area contributed by atoms with Crippen molar-refractivity contribution in [2.24, 2.45) is 0 Å². The molecular weight excluding hydrogens is 174 g/mol. The molecular formula is C12H9NO. The van der Waals surface area contributed by atoms with Crippen molar-refractivity contribution in [2.75, 3.05) is 0 Å². The van der Waals surface area contributed by atoms with E-state index in [1.165, 1.54) is 0 Å². The number of hydrogen-bond acceptors (Lipinski definition) is 2. The number of benzene rings is 1. The van der Waals surface area contributed by atoms with Crippen molar-refractivity contribution in [1.82, 2.24) is 0 Å². The van der Waals surface area contributed by atoms with Crippen molar-refractivity contribution in [3.8, 4) is 6.07 Å². The normalized spacial score (nSPS) is 17.9. The number of hydrogen-bond donors (Lipinski definition) is 0. The topological polar surface area (TPSA) is 36.9 Å². The quantitative estimate of drug-likeness (QED) is 0.681. The summed E-state index contributed by atoms with van der Waals surface area (Å²) in [6.45, 7) is 0. The molecule has 0 amide bonds. The maximum atomic E-state index is 9.10. The second kappa shape index (κ2) is 2.39. The summed E-state index contributed by atoms with van der Waals surface area (Å²) in [5.74, 6) is 0. The van der Waals surface area contributed by atoms with Gasteiger partial charge in [-0.1, -0.05) is 18.2 Å². The molecule has 14 heavy (non-hydrogen) atoms. The third-order valence-corrected chi connectivity index (χ3v) is 2.96.